The Kier molecular flexibility index (Phi) is 5.15. The third kappa shape index (κ3) is 3.45. The van der Waals surface area contributed by atoms with Crippen LogP contribution in [-0.4, -0.2) is 20.9 Å². The number of aryl methyl sites for hydroxylation is 1. The summed E-state index contributed by atoms with van der Waals surface area (Å²) in [7, 11) is 2.32. The van der Waals surface area contributed by atoms with Crippen LogP contribution >= 0.6 is 7.92 Å². The van der Waals surface area contributed by atoms with Crippen LogP contribution in [0.4, 0.5) is 0 Å². The third-order valence-corrected chi connectivity index (χ3v) is 8.89. The lowest BCUT2D eigenvalue weighted by atomic mass is 9.99. The fraction of sp³-hybridized carbons (Fsp3) is 0.824. The molecule has 2 aliphatic carbocycles. The average Bonchev–Trinajstić information content (AvgIpc) is 2.92. The van der Waals surface area contributed by atoms with Gasteiger partial charge in [-0.25, -0.2) is 4.98 Å². The molecule has 1 aromatic heterocycles. The van der Waals surface area contributed by atoms with E-state index in [1.165, 1.54) is 76.2 Å². The maximum absolute atomic E-state index is 4.62. The van der Waals surface area contributed by atoms with E-state index in [4.69, 9.17) is 0 Å². The summed E-state index contributed by atoms with van der Waals surface area (Å²) in [5.74, 6) is 1.34. The Labute approximate surface area is 125 Å². The first-order valence-electron chi connectivity index (χ1n) is 8.56. The maximum atomic E-state index is 4.62. The van der Waals surface area contributed by atoms with Crippen LogP contribution in [0, 0.1) is 0 Å². The molecule has 0 N–H and O–H groups in total. The Morgan fingerprint density at radius 3 is 2.00 bits per heavy atom. The summed E-state index contributed by atoms with van der Waals surface area (Å²) in [5, 5.41) is 0. The minimum absolute atomic E-state index is 0.153. The lowest BCUT2D eigenvalue weighted by Crippen LogP contribution is -2.22. The van der Waals surface area contributed by atoms with Crippen molar-refractivity contribution in [1.82, 2.24) is 9.55 Å². The summed E-state index contributed by atoms with van der Waals surface area (Å²) in [6.45, 7) is 0. The molecule has 2 nitrogen and oxygen atoms in total. The average molecular weight is 292 g/mol. The van der Waals surface area contributed by atoms with Gasteiger partial charge in [0.25, 0.3) is 0 Å². The number of rotatable bonds is 4. The molecule has 3 heteroatoms. The van der Waals surface area contributed by atoms with Crippen molar-refractivity contribution in [3.8, 4) is 0 Å². The lowest BCUT2D eigenvalue weighted by molar-refractivity contribution is 0.483. The molecular formula is C17H29N2P. The van der Waals surface area contributed by atoms with Gasteiger partial charge in [0.2, 0.25) is 0 Å². The van der Waals surface area contributed by atoms with Gasteiger partial charge in [0.15, 0.2) is 0 Å². The summed E-state index contributed by atoms with van der Waals surface area (Å²) >= 11 is 0. The summed E-state index contributed by atoms with van der Waals surface area (Å²) in [6, 6.07) is 0. The molecule has 0 aromatic carbocycles. The molecule has 2 aliphatic rings. The zero-order chi connectivity index (χ0) is 13.8. The lowest BCUT2D eigenvalue weighted by Gasteiger charge is -2.38. The maximum Gasteiger partial charge on any atom is 0.112 e. The van der Waals surface area contributed by atoms with Crippen LogP contribution in [0.3, 0.4) is 0 Å². The summed E-state index contributed by atoms with van der Waals surface area (Å²) in [5.41, 5.74) is 2.08. The molecule has 0 atom stereocenters. The van der Waals surface area contributed by atoms with Crippen molar-refractivity contribution in [3.63, 3.8) is 0 Å². The number of aromatic nitrogens is 2. The quantitative estimate of drug-likeness (QED) is 0.709. The first-order valence-corrected chi connectivity index (χ1v) is 10.2. The fourth-order valence-electron chi connectivity index (χ4n) is 4.09. The topological polar surface area (TPSA) is 17.8 Å². The van der Waals surface area contributed by atoms with Crippen molar-refractivity contribution < 1.29 is 0 Å². The zero-order valence-corrected chi connectivity index (χ0v) is 13.8. The van der Waals surface area contributed by atoms with Gasteiger partial charge >= 0.3 is 0 Å². The Bertz CT molecular complexity index is 385. The second kappa shape index (κ2) is 7.07. The molecule has 0 radical (unpaired) electrons. The van der Waals surface area contributed by atoms with E-state index in [1.54, 1.807) is 0 Å². The molecule has 2 fully saturated rings. The Morgan fingerprint density at radius 1 is 1.00 bits per heavy atom. The van der Waals surface area contributed by atoms with Crippen LogP contribution in [0.1, 0.15) is 70.0 Å². The summed E-state index contributed by atoms with van der Waals surface area (Å²) in [6.07, 6.45) is 20.3. The molecule has 20 heavy (non-hydrogen) atoms. The first kappa shape index (κ1) is 14.6. The van der Waals surface area contributed by atoms with E-state index in [9.17, 15) is 0 Å². The predicted molar refractivity (Wildman–Crippen MR) is 87.6 cm³/mol. The van der Waals surface area contributed by atoms with Gasteiger partial charge in [-0.1, -0.05) is 46.4 Å². The van der Waals surface area contributed by atoms with E-state index in [-0.39, 0.29) is 7.92 Å². The van der Waals surface area contributed by atoms with E-state index in [0.717, 1.165) is 11.3 Å². The molecule has 2 saturated carbocycles. The minimum atomic E-state index is 0.153. The highest BCUT2D eigenvalue weighted by Gasteiger charge is 2.31. The van der Waals surface area contributed by atoms with Crippen molar-refractivity contribution in [2.75, 3.05) is 0 Å². The molecule has 3 rings (SSSR count). The number of nitrogens with zero attached hydrogens (tertiary/aromatic N) is 2. The standard InChI is InChI=1S/C17H29N2P/c1-19-13-12-18-17(19)14-20(15-8-4-2-5-9-15)16-10-6-3-7-11-16/h12-13,15-16H,2-11,14H2,1H3. The van der Waals surface area contributed by atoms with Gasteiger partial charge in [-0.2, -0.15) is 0 Å². The normalized spacial score (nSPS) is 22.5. The van der Waals surface area contributed by atoms with Gasteiger partial charge in [-0.3, -0.25) is 0 Å². The van der Waals surface area contributed by atoms with E-state index in [0.29, 0.717) is 0 Å². The first-order chi connectivity index (χ1) is 9.84. The van der Waals surface area contributed by atoms with Crippen molar-refractivity contribution >= 4 is 7.92 Å². The molecule has 0 saturated heterocycles. The largest absolute Gasteiger partial charge is 0.338 e. The van der Waals surface area contributed by atoms with Crippen LogP contribution in [0.5, 0.6) is 0 Å². The van der Waals surface area contributed by atoms with Crippen molar-refractivity contribution in [1.29, 1.82) is 0 Å². The van der Waals surface area contributed by atoms with Gasteiger partial charge in [0.05, 0.1) is 0 Å². The number of imidazole rings is 1. The third-order valence-electron chi connectivity index (χ3n) is 5.33. The van der Waals surface area contributed by atoms with Gasteiger partial charge < -0.3 is 4.57 Å². The van der Waals surface area contributed by atoms with Crippen LogP contribution in [0.15, 0.2) is 12.4 Å². The van der Waals surface area contributed by atoms with Gasteiger partial charge in [-0.05, 0) is 37.0 Å². The highest BCUT2D eigenvalue weighted by molar-refractivity contribution is 7.58. The fourth-order valence-corrected chi connectivity index (χ4v) is 7.89. The highest BCUT2D eigenvalue weighted by Crippen LogP contribution is 2.57. The number of hydrogen-bond acceptors (Lipinski definition) is 1. The monoisotopic (exact) mass is 292 g/mol. The van der Waals surface area contributed by atoms with E-state index in [1.807, 2.05) is 6.20 Å². The Morgan fingerprint density at radius 2 is 1.55 bits per heavy atom. The molecule has 1 heterocycles. The molecule has 0 unspecified atom stereocenters. The van der Waals surface area contributed by atoms with Crippen LogP contribution in [0.2, 0.25) is 0 Å². The minimum Gasteiger partial charge on any atom is -0.338 e. The van der Waals surface area contributed by atoms with Gasteiger partial charge in [0, 0.05) is 25.6 Å². The Balaban J connectivity index is 1.73. The van der Waals surface area contributed by atoms with Gasteiger partial charge in [-0.15, -0.1) is 0 Å². The second-order valence-corrected chi connectivity index (χ2v) is 9.52. The molecule has 0 aliphatic heterocycles. The van der Waals surface area contributed by atoms with E-state index >= 15 is 0 Å². The molecule has 0 amide bonds. The van der Waals surface area contributed by atoms with E-state index < -0.39 is 0 Å². The van der Waals surface area contributed by atoms with Crippen LogP contribution in [-0.2, 0) is 13.2 Å². The van der Waals surface area contributed by atoms with Crippen molar-refractivity contribution in [2.24, 2.45) is 7.05 Å². The molecule has 1 aromatic rings. The highest BCUT2D eigenvalue weighted by atomic mass is 31.1. The predicted octanol–water partition coefficient (Wildman–Crippen LogP) is 5.07. The summed E-state index contributed by atoms with van der Waals surface area (Å²) in [4.78, 5) is 4.62. The Hall–Kier alpha value is -0.360. The van der Waals surface area contributed by atoms with Crippen LogP contribution < -0.4 is 0 Å². The van der Waals surface area contributed by atoms with E-state index in [2.05, 4.69) is 22.8 Å². The SMILES string of the molecule is Cn1ccnc1CP(C1CCCCC1)C1CCCCC1. The van der Waals surface area contributed by atoms with Crippen LogP contribution in [0.25, 0.3) is 0 Å². The second-order valence-electron chi connectivity index (χ2n) is 6.71. The smallest absolute Gasteiger partial charge is 0.112 e. The number of hydrogen-bond donors (Lipinski definition) is 0. The molecular weight excluding hydrogens is 263 g/mol. The van der Waals surface area contributed by atoms with Crippen molar-refractivity contribution in [2.45, 2.75) is 81.7 Å². The molecule has 0 bridgehead atoms. The molecule has 112 valence electrons. The van der Waals surface area contributed by atoms with Gasteiger partial charge in [0.1, 0.15) is 5.82 Å². The van der Waals surface area contributed by atoms with Crippen molar-refractivity contribution in [3.05, 3.63) is 18.2 Å². The summed E-state index contributed by atoms with van der Waals surface area (Å²) < 4.78 is 2.25. The zero-order valence-electron chi connectivity index (χ0n) is 12.9. The molecule has 0 spiro atoms.